The first-order valence-electron chi connectivity index (χ1n) is 5.31. The van der Waals surface area contributed by atoms with Crippen LogP contribution in [0.25, 0.3) is 0 Å². The molecule has 1 heterocycles. The largest absolute Gasteiger partial charge is 0.391 e. The normalized spacial score (nSPS) is 26.3. The molecule has 82 valence electrons. The molecule has 2 unspecified atom stereocenters. The summed E-state index contributed by atoms with van der Waals surface area (Å²) in [7, 11) is 0. The third kappa shape index (κ3) is 2.92. The zero-order chi connectivity index (χ0) is 10.7. The Morgan fingerprint density at radius 2 is 2.13 bits per heavy atom. The second-order valence-electron chi connectivity index (χ2n) is 3.99. The van der Waals surface area contributed by atoms with Crippen molar-refractivity contribution in [1.29, 1.82) is 0 Å². The SMILES string of the molecule is OC1CCCCC1Nc1cncc(Br)c1. The van der Waals surface area contributed by atoms with E-state index in [1.54, 1.807) is 12.4 Å². The lowest BCUT2D eigenvalue weighted by molar-refractivity contribution is 0.116. The summed E-state index contributed by atoms with van der Waals surface area (Å²) in [4.78, 5) is 4.08. The highest BCUT2D eigenvalue weighted by molar-refractivity contribution is 9.10. The smallest absolute Gasteiger partial charge is 0.0741 e. The van der Waals surface area contributed by atoms with Gasteiger partial charge >= 0.3 is 0 Å². The molecule has 1 aromatic rings. The summed E-state index contributed by atoms with van der Waals surface area (Å²) >= 11 is 3.38. The van der Waals surface area contributed by atoms with Gasteiger partial charge in [-0.3, -0.25) is 4.98 Å². The van der Waals surface area contributed by atoms with Crippen LogP contribution in [0.1, 0.15) is 25.7 Å². The first-order valence-corrected chi connectivity index (χ1v) is 6.10. The maximum atomic E-state index is 9.80. The number of nitrogens with zero attached hydrogens (tertiary/aromatic N) is 1. The Morgan fingerprint density at radius 3 is 2.87 bits per heavy atom. The van der Waals surface area contributed by atoms with Gasteiger partial charge in [-0.2, -0.15) is 0 Å². The number of hydrogen-bond donors (Lipinski definition) is 2. The van der Waals surface area contributed by atoms with Gasteiger partial charge in [-0.05, 0) is 34.8 Å². The lowest BCUT2D eigenvalue weighted by Gasteiger charge is -2.29. The number of hydrogen-bond acceptors (Lipinski definition) is 3. The summed E-state index contributed by atoms with van der Waals surface area (Å²) in [6, 6.07) is 2.16. The van der Waals surface area contributed by atoms with Crippen LogP contribution in [0.3, 0.4) is 0 Å². The van der Waals surface area contributed by atoms with E-state index in [0.717, 1.165) is 29.4 Å². The predicted octanol–water partition coefficient (Wildman–Crippen LogP) is 2.56. The number of pyridine rings is 1. The van der Waals surface area contributed by atoms with Crippen LogP contribution in [0, 0.1) is 0 Å². The van der Waals surface area contributed by atoms with Crippen LogP contribution >= 0.6 is 15.9 Å². The number of halogens is 1. The van der Waals surface area contributed by atoms with Gasteiger partial charge in [-0.15, -0.1) is 0 Å². The molecule has 1 aliphatic carbocycles. The van der Waals surface area contributed by atoms with Crippen LogP contribution in [0.4, 0.5) is 5.69 Å². The lowest BCUT2D eigenvalue weighted by Crippen LogP contribution is -2.36. The third-order valence-corrected chi connectivity index (χ3v) is 3.22. The fourth-order valence-electron chi connectivity index (χ4n) is 1.98. The zero-order valence-electron chi connectivity index (χ0n) is 8.49. The van der Waals surface area contributed by atoms with Crippen molar-refractivity contribution in [1.82, 2.24) is 4.98 Å². The van der Waals surface area contributed by atoms with Crippen LogP contribution in [-0.4, -0.2) is 22.2 Å². The molecule has 0 spiro atoms. The third-order valence-electron chi connectivity index (χ3n) is 2.79. The molecule has 1 aliphatic rings. The van der Waals surface area contributed by atoms with E-state index in [9.17, 15) is 5.11 Å². The molecule has 2 atom stereocenters. The Morgan fingerprint density at radius 1 is 1.33 bits per heavy atom. The van der Waals surface area contributed by atoms with E-state index in [-0.39, 0.29) is 12.1 Å². The van der Waals surface area contributed by atoms with E-state index in [4.69, 9.17) is 0 Å². The molecular formula is C11H15BrN2O. The summed E-state index contributed by atoms with van der Waals surface area (Å²) in [6.45, 7) is 0. The summed E-state index contributed by atoms with van der Waals surface area (Å²) in [6.07, 6.45) is 7.57. The van der Waals surface area contributed by atoms with Crippen LogP contribution < -0.4 is 5.32 Å². The van der Waals surface area contributed by atoms with Gasteiger partial charge in [0.15, 0.2) is 0 Å². The fourth-order valence-corrected chi connectivity index (χ4v) is 2.35. The summed E-state index contributed by atoms with van der Waals surface area (Å²) in [5.74, 6) is 0. The molecule has 0 saturated heterocycles. The average molecular weight is 271 g/mol. The molecule has 4 heteroatoms. The second-order valence-corrected chi connectivity index (χ2v) is 4.91. The molecule has 15 heavy (non-hydrogen) atoms. The van der Waals surface area contributed by atoms with Crippen LogP contribution in [0.5, 0.6) is 0 Å². The Labute approximate surface area is 98.0 Å². The van der Waals surface area contributed by atoms with E-state index < -0.39 is 0 Å². The highest BCUT2D eigenvalue weighted by atomic mass is 79.9. The van der Waals surface area contributed by atoms with E-state index in [1.165, 1.54) is 6.42 Å². The molecule has 0 radical (unpaired) electrons. The van der Waals surface area contributed by atoms with Crippen molar-refractivity contribution in [2.24, 2.45) is 0 Å². The minimum atomic E-state index is -0.224. The molecule has 1 saturated carbocycles. The summed E-state index contributed by atoms with van der Waals surface area (Å²) in [5.41, 5.74) is 0.968. The molecule has 0 aliphatic heterocycles. The Hall–Kier alpha value is -0.610. The van der Waals surface area contributed by atoms with E-state index in [2.05, 4.69) is 26.2 Å². The van der Waals surface area contributed by atoms with Gasteiger partial charge in [-0.1, -0.05) is 12.8 Å². The second kappa shape index (κ2) is 4.94. The number of aliphatic hydroxyl groups is 1. The molecule has 0 amide bonds. The monoisotopic (exact) mass is 270 g/mol. The van der Waals surface area contributed by atoms with Gasteiger partial charge in [0.2, 0.25) is 0 Å². The molecule has 3 nitrogen and oxygen atoms in total. The van der Waals surface area contributed by atoms with Crippen molar-refractivity contribution in [3.63, 3.8) is 0 Å². The minimum absolute atomic E-state index is 0.176. The topological polar surface area (TPSA) is 45.1 Å². The standard InChI is InChI=1S/C11H15BrN2O/c12-8-5-9(7-13-6-8)14-10-3-1-2-4-11(10)15/h5-7,10-11,14-15H,1-4H2. The van der Waals surface area contributed by atoms with Gasteiger partial charge in [0.05, 0.1) is 24.0 Å². The van der Waals surface area contributed by atoms with Crippen molar-refractivity contribution in [3.8, 4) is 0 Å². The molecule has 0 aromatic carbocycles. The van der Waals surface area contributed by atoms with Crippen molar-refractivity contribution in [2.45, 2.75) is 37.8 Å². The maximum Gasteiger partial charge on any atom is 0.0741 e. The summed E-state index contributed by atoms with van der Waals surface area (Å²) < 4.78 is 0.956. The highest BCUT2D eigenvalue weighted by Gasteiger charge is 2.22. The van der Waals surface area contributed by atoms with Crippen molar-refractivity contribution < 1.29 is 5.11 Å². The maximum absolute atomic E-state index is 9.80. The van der Waals surface area contributed by atoms with Gasteiger partial charge in [0.1, 0.15) is 0 Å². The zero-order valence-corrected chi connectivity index (χ0v) is 10.1. The van der Waals surface area contributed by atoms with Gasteiger partial charge in [-0.25, -0.2) is 0 Å². The number of anilines is 1. The molecule has 1 fully saturated rings. The van der Waals surface area contributed by atoms with Crippen LogP contribution in [0.15, 0.2) is 22.9 Å². The van der Waals surface area contributed by atoms with Crippen molar-refractivity contribution in [3.05, 3.63) is 22.9 Å². The molecule has 1 aromatic heterocycles. The van der Waals surface area contributed by atoms with Gasteiger partial charge in [0, 0.05) is 10.7 Å². The Bertz CT molecular complexity index is 332. The number of nitrogens with one attached hydrogen (secondary N) is 1. The number of rotatable bonds is 2. The minimum Gasteiger partial charge on any atom is -0.391 e. The van der Waals surface area contributed by atoms with Gasteiger partial charge in [0.25, 0.3) is 0 Å². The average Bonchev–Trinajstić information content (AvgIpc) is 2.22. The Balaban J connectivity index is 2.01. The quantitative estimate of drug-likeness (QED) is 0.869. The molecular weight excluding hydrogens is 256 g/mol. The predicted molar refractivity (Wildman–Crippen MR) is 63.8 cm³/mol. The molecule has 2 rings (SSSR count). The van der Waals surface area contributed by atoms with E-state index >= 15 is 0 Å². The van der Waals surface area contributed by atoms with Gasteiger partial charge < -0.3 is 10.4 Å². The summed E-state index contributed by atoms with van der Waals surface area (Å²) in [5, 5.41) is 13.1. The number of aliphatic hydroxyl groups excluding tert-OH is 1. The lowest BCUT2D eigenvalue weighted by atomic mass is 9.92. The number of aromatic nitrogens is 1. The van der Waals surface area contributed by atoms with E-state index in [1.807, 2.05) is 6.07 Å². The van der Waals surface area contributed by atoms with Crippen LogP contribution in [0.2, 0.25) is 0 Å². The Kier molecular flexibility index (Phi) is 3.59. The van der Waals surface area contributed by atoms with Crippen molar-refractivity contribution >= 4 is 21.6 Å². The first kappa shape index (κ1) is 10.9. The first-order chi connectivity index (χ1) is 7.25. The highest BCUT2D eigenvalue weighted by Crippen LogP contribution is 2.23. The molecule has 0 bridgehead atoms. The van der Waals surface area contributed by atoms with Crippen molar-refractivity contribution in [2.75, 3.05) is 5.32 Å². The fraction of sp³-hybridized carbons (Fsp3) is 0.545. The molecule has 2 N–H and O–H groups in total. The van der Waals surface area contributed by atoms with Crippen LogP contribution in [-0.2, 0) is 0 Å². The van der Waals surface area contributed by atoms with E-state index in [0.29, 0.717) is 0 Å².